The van der Waals surface area contributed by atoms with Crippen LogP contribution in [0.2, 0.25) is 0 Å². The van der Waals surface area contributed by atoms with Gasteiger partial charge in [0.05, 0.1) is 19.9 Å². The zero-order valence-corrected chi connectivity index (χ0v) is 17.5. The highest BCUT2D eigenvalue weighted by molar-refractivity contribution is 7.88. The molecule has 0 bridgehead atoms. The Bertz CT molecular complexity index is 751. The Morgan fingerprint density at radius 3 is 2.36 bits per heavy atom. The summed E-state index contributed by atoms with van der Waals surface area (Å²) < 4.78 is 29.3. The fraction of sp³-hybridized carbons (Fsp3) is 0.556. The maximum absolute atomic E-state index is 12.8. The molecular formula is C18H29N3O6S. The number of aliphatic hydroxyl groups excluding tert-OH is 1. The van der Waals surface area contributed by atoms with Crippen LogP contribution in [0.1, 0.15) is 18.9 Å². The van der Waals surface area contributed by atoms with Crippen LogP contribution in [0.15, 0.2) is 24.3 Å². The number of carbonyl (C=O) groups excluding carboxylic acids is 2. The van der Waals surface area contributed by atoms with Crippen LogP contribution >= 0.6 is 0 Å². The number of nitrogens with one attached hydrogen (secondary N) is 1. The topological polar surface area (TPSA) is 116 Å². The minimum Gasteiger partial charge on any atom is -0.497 e. The molecule has 0 aliphatic rings. The molecule has 0 saturated carbocycles. The molecule has 0 spiro atoms. The average Bonchev–Trinajstić information content (AvgIpc) is 2.65. The minimum absolute atomic E-state index is 0.0533. The summed E-state index contributed by atoms with van der Waals surface area (Å²) in [6, 6.07) is 6.21. The lowest BCUT2D eigenvalue weighted by Crippen LogP contribution is -2.50. The van der Waals surface area contributed by atoms with E-state index in [1.165, 1.54) is 11.9 Å². The first kappa shape index (κ1) is 23.9. The van der Waals surface area contributed by atoms with Crippen molar-refractivity contribution < 1.29 is 27.9 Å². The van der Waals surface area contributed by atoms with Crippen molar-refractivity contribution in [3.8, 4) is 5.75 Å². The fourth-order valence-electron chi connectivity index (χ4n) is 2.35. The summed E-state index contributed by atoms with van der Waals surface area (Å²) in [6.07, 6.45) is 1.42. The maximum Gasteiger partial charge on any atom is 0.242 e. The summed E-state index contributed by atoms with van der Waals surface area (Å²) in [5.74, 6) is -0.209. The lowest BCUT2D eigenvalue weighted by atomic mass is 10.1. The van der Waals surface area contributed by atoms with Gasteiger partial charge < -0.3 is 20.1 Å². The van der Waals surface area contributed by atoms with E-state index in [0.29, 0.717) is 12.2 Å². The molecule has 1 atom stereocenters. The highest BCUT2D eigenvalue weighted by Crippen LogP contribution is 2.15. The number of sulfonamides is 1. The van der Waals surface area contributed by atoms with E-state index in [2.05, 4.69) is 5.32 Å². The normalized spacial score (nSPS) is 12.5. The largest absolute Gasteiger partial charge is 0.497 e. The van der Waals surface area contributed by atoms with Crippen molar-refractivity contribution >= 4 is 21.8 Å². The van der Waals surface area contributed by atoms with Crippen LogP contribution in [0, 0.1) is 0 Å². The highest BCUT2D eigenvalue weighted by atomic mass is 32.2. The first-order chi connectivity index (χ1) is 13.1. The molecule has 1 rings (SSSR count). The first-order valence-corrected chi connectivity index (χ1v) is 10.7. The van der Waals surface area contributed by atoms with Gasteiger partial charge in [0.2, 0.25) is 21.8 Å². The number of carbonyl (C=O) groups is 2. The monoisotopic (exact) mass is 415 g/mol. The van der Waals surface area contributed by atoms with E-state index < -0.39 is 22.0 Å². The quantitative estimate of drug-likeness (QED) is 0.484. The van der Waals surface area contributed by atoms with Gasteiger partial charge in [-0.05, 0) is 31.0 Å². The van der Waals surface area contributed by atoms with Crippen LogP contribution in [0.5, 0.6) is 5.75 Å². The number of hydrogen-bond acceptors (Lipinski definition) is 6. The van der Waals surface area contributed by atoms with Crippen LogP contribution in [0.4, 0.5) is 0 Å². The number of methoxy groups -OCH3 is 1. The molecular weight excluding hydrogens is 386 g/mol. The zero-order valence-electron chi connectivity index (χ0n) is 16.7. The third kappa shape index (κ3) is 7.45. The summed E-state index contributed by atoms with van der Waals surface area (Å²) in [5.41, 5.74) is 0.770. The molecule has 1 aromatic rings. The Balaban J connectivity index is 3.00. The number of rotatable bonds is 11. The minimum atomic E-state index is -3.54. The molecule has 10 heteroatoms. The Hall–Kier alpha value is -2.17. The third-order valence-electron chi connectivity index (χ3n) is 4.24. The summed E-state index contributed by atoms with van der Waals surface area (Å²) in [4.78, 5) is 26.5. The number of hydrogen-bond donors (Lipinski definition) is 2. The number of benzene rings is 1. The predicted octanol–water partition coefficient (Wildman–Crippen LogP) is -0.198. The van der Waals surface area contributed by atoms with Crippen LogP contribution < -0.4 is 10.1 Å². The summed E-state index contributed by atoms with van der Waals surface area (Å²) in [5, 5.41) is 11.5. The summed E-state index contributed by atoms with van der Waals surface area (Å²) in [7, 11) is -0.679. The number of likely N-dealkylation sites (N-methyl/N-ethyl adjacent to an activating group) is 1. The molecule has 0 saturated heterocycles. The fourth-order valence-corrected chi connectivity index (χ4v) is 2.69. The van der Waals surface area contributed by atoms with E-state index in [1.54, 1.807) is 38.3 Å². The number of ether oxygens (including phenoxy) is 1. The van der Waals surface area contributed by atoms with Crippen molar-refractivity contribution in [1.29, 1.82) is 0 Å². The zero-order chi connectivity index (χ0) is 21.3. The Labute approximate surface area is 166 Å². The van der Waals surface area contributed by atoms with E-state index in [-0.39, 0.29) is 32.1 Å². The summed E-state index contributed by atoms with van der Waals surface area (Å²) >= 11 is 0. The number of aliphatic hydroxyl groups is 1. The van der Waals surface area contributed by atoms with Crippen molar-refractivity contribution in [1.82, 2.24) is 14.5 Å². The smallest absolute Gasteiger partial charge is 0.242 e. The molecule has 0 fully saturated rings. The van der Waals surface area contributed by atoms with Gasteiger partial charge in [0.15, 0.2) is 0 Å². The highest BCUT2D eigenvalue weighted by Gasteiger charge is 2.28. The Morgan fingerprint density at radius 2 is 1.86 bits per heavy atom. The van der Waals surface area contributed by atoms with Gasteiger partial charge in [0.1, 0.15) is 11.8 Å². The molecule has 0 aliphatic carbocycles. The van der Waals surface area contributed by atoms with Gasteiger partial charge in [-0.15, -0.1) is 0 Å². The Kier molecular flexibility index (Phi) is 9.36. The van der Waals surface area contributed by atoms with E-state index in [9.17, 15) is 18.0 Å². The molecule has 0 aliphatic heterocycles. The summed E-state index contributed by atoms with van der Waals surface area (Å²) in [6.45, 7) is 1.57. The van der Waals surface area contributed by atoms with Crippen molar-refractivity contribution in [2.75, 3.05) is 40.1 Å². The van der Waals surface area contributed by atoms with Gasteiger partial charge in [-0.2, -0.15) is 4.31 Å². The molecule has 9 nitrogen and oxygen atoms in total. The third-order valence-corrected chi connectivity index (χ3v) is 5.50. The molecule has 0 heterocycles. The second-order valence-corrected chi connectivity index (χ2v) is 8.52. The second kappa shape index (κ2) is 11.0. The average molecular weight is 416 g/mol. The predicted molar refractivity (Wildman–Crippen MR) is 105 cm³/mol. The number of amides is 2. The standard InChI is InChI=1S/C18H29N3O6S/c1-14(18(24)19-10-5-11-22)21(17(23)13-20(2)28(4,25)26)12-15-6-8-16(27-3)9-7-15/h6-9,14,22H,5,10-13H2,1-4H3,(H,19,24)/t14-/m0/s1. The maximum atomic E-state index is 12.8. The molecule has 0 aromatic heterocycles. The van der Waals surface area contributed by atoms with Gasteiger partial charge in [0, 0.05) is 26.7 Å². The van der Waals surface area contributed by atoms with Gasteiger partial charge in [0.25, 0.3) is 0 Å². The second-order valence-electron chi connectivity index (χ2n) is 6.43. The van der Waals surface area contributed by atoms with Crippen molar-refractivity contribution in [2.45, 2.75) is 25.9 Å². The van der Waals surface area contributed by atoms with Gasteiger partial charge in [-0.1, -0.05) is 12.1 Å². The van der Waals surface area contributed by atoms with E-state index in [4.69, 9.17) is 9.84 Å². The van der Waals surface area contributed by atoms with E-state index in [0.717, 1.165) is 16.1 Å². The van der Waals surface area contributed by atoms with Crippen LogP contribution in [-0.2, 0) is 26.2 Å². The van der Waals surface area contributed by atoms with Crippen molar-refractivity contribution in [2.24, 2.45) is 0 Å². The van der Waals surface area contributed by atoms with Crippen LogP contribution in [0.25, 0.3) is 0 Å². The first-order valence-electron chi connectivity index (χ1n) is 8.82. The Morgan fingerprint density at radius 1 is 1.25 bits per heavy atom. The van der Waals surface area contributed by atoms with E-state index >= 15 is 0 Å². The van der Waals surface area contributed by atoms with Crippen molar-refractivity contribution in [3.05, 3.63) is 29.8 Å². The molecule has 2 amide bonds. The van der Waals surface area contributed by atoms with Gasteiger partial charge >= 0.3 is 0 Å². The number of nitrogens with zero attached hydrogens (tertiary/aromatic N) is 2. The molecule has 28 heavy (non-hydrogen) atoms. The lowest BCUT2D eigenvalue weighted by Gasteiger charge is -2.30. The van der Waals surface area contributed by atoms with Crippen LogP contribution in [0.3, 0.4) is 0 Å². The van der Waals surface area contributed by atoms with E-state index in [1.807, 2.05) is 0 Å². The van der Waals surface area contributed by atoms with Crippen molar-refractivity contribution in [3.63, 3.8) is 0 Å². The van der Waals surface area contributed by atoms with Crippen LogP contribution in [-0.4, -0.2) is 80.7 Å². The SMILES string of the molecule is COc1ccc(CN(C(=O)CN(C)S(C)(=O)=O)[C@@H](C)C(=O)NCCCO)cc1. The van der Waals surface area contributed by atoms with Gasteiger partial charge in [-0.3, -0.25) is 9.59 Å². The molecule has 1 aromatic carbocycles. The molecule has 2 N–H and O–H groups in total. The lowest BCUT2D eigenvalue weighted by molar-refractivity contribution is -0.140. The molecule has 0 unspecified atom stereocenters. The molecule has 0 radical (unpaired) electrons. The van der Waals surface area contributed by atoms with Gasteiger partial charge in [-0.25, -0.2) is 8.42 Å². The molecule has 158 valence electrons.